The third kappa shape index (κ3) is 2.04. The maximum atomic E-state index is 6.38. The number of benzene rings is 1. The van der Waals surface area contributed by atoms with Gasteiger partial charge in [0.15, 0.2) is 0 Å². The van der Waals surface area contributed by atoms with Gasteiger partial charge < -0.3 is 10.5 Å². The highest BCUT2D eigenvalue weighted by Gasteiger charge is 2.31. The second-order valence-corrected chi connectivity index (χ2v) is 5.07. The lowest BCUT2D eigenvalue weighted by Crippen LogP contribution is -2.32. The molecule has 1 aliphatic rings. The van der Waals surface area contributed by atoms with Crippen molar-refractivity contribution in [1.82, 2.24) is 0 Å². The van der Waals surface area contributed by atoms with Crippen molar-refractivity contribution in [1.29, 1.82) is 0 Å². The van der Waals surface area contributed by atoms with E-state index in [1.54, 1.807) is 7.11 Å². The number of hydrogen-bond donors (Lipinski definition) is 1. The second kappa shape index (κ2) is 4.14. The lowest BCUT2D eigenvalue weighted by Gasteiger charge is -2.24. The monoisotopic (exact) mass is 269 g/mol. The van der Waals surface area contributed by atoms with Crippen LogP contribution in [-0.2, 0) is 5.54 Å². The molecule has 1 fully saturated rings. The fourth-order valence-electron chi connectivity index (χ4n) is 2.27. The van der Waals surface area contributed by atoms with E-state index in [4.69, 9.17) is 10.5 Å². The van der Waals surface area contributed by atoms with Crippen molar-refractivity contribution >= 4 is 15.9 Å². The first kappa shape index (κ1) is 11.0. The molecule has 0 atom stereocenters. The van der Waals surface area contributed by atoms with E-state index in [0.717, 1.165) is 23.1 Å². The molecule has 2 rings (SSSR count). The summed E-state index contributed by atoms with van der Waals surface area (Å²) >= 11 is 3.50. The minimum absolute atomic E-state index is 0.116. The molecule has 2 N–H and O–H groups in total. The second-order valence-electron chi connectivity index (χ2n) is 4.21. The predicted molar refractivity (Wildman–Crippen MR) is 65.0 cm³/mol. The zero-order valence-corrected chi connectivity index (χ0v) is 10.5. The summed E-state index contributed by atoms with van der Waals surface area (Å²) in [5.41, 5.74) is 7.48. The average Bonchev–Trinajstić information content (AvgIpc) is 2.66. The maximum Gasteiger partial charge on any atom is 0.133 e. The Bertz CT molecular complexity index is 359. The Morgan fingerprint density at radius 3 is 2.53 bits per heavy atom. The highest BCUT2D eigenvalue weighted by molar-refractivity contribution is 9.10. The lowest BCUT2D eigenvalue weighted by atomic mass is 9.89. The Morgan fingerprint density at radius 1 is 1.33 bits per heavy atom. The van der Waals surface area contributed by atoms with E-state index < -0.39 is 0 Å². The van der Waals surface area contributed by atoms with Gasteiger partial charge in [-0.25, -0.2) is 0 Å². The summed E-state index contributed by atoms with van der Waals surface area (Å²) in [6.07, 6.45) is 4.65. The number of halogens is 1. The van der Waals surface area contributed by atoms with Crippen molar-refractivity contribution in [3.63, 3.8) is 0 Å². The molecule has 0 aromatic heterocycles. The quantitative estimate of drug-likeness (QED) is 0.895. The van der Waals surface area contributed by atoms with Crippen LogP contribution in [0.5, 0.6) is 5.75 Å². The molecule has 1 aromatic carbocycles. The molecule has 1 saturated carbocycles. The first-order chi connectivity index (χ1) is 7.15. The highest BCUT2D eigenvalue weighted by Crippen LogP contribution is 2.38. The van der Waals surface area contributed by atoms with Gasteiger partial charge in [0.1, 0.15) is 5.75 Å². The van der Waals surface area contributed by atoms with Crippen molar-refractivity contribution in [2.75, 3.05) is 7.11 Å². The summed E-state index contributed by atoms with van der Waals surface area (Å²) in [6.45, 7) is 0. The van der Waals surface area contributed by atoms with Gasteiger partial charge in [-0.3, -0.25) is 0 Å². The van der Waals surface area contributed by atoms with Crippen molar-refractivity contribution in [3.05, 3.63) is 28.2 Å². The van der Waals surface area contributed by atoms with Crippen molar-refractivity contribution < 1.29 is 4.74 Å². The minimum Gasteiger partial charge on any atom is -0.496 e. The van der Waals surface area contributed by atoms with Gasteiger partial charge in [0.2, 0.25) is 0 Å². The summed E-state index contributed by atoms with van der Waals surface area (Å²) in [7, 11) is 1.67. The lowest BCUT2D eigenvalue weighted by molar-refractivity contribution is 0.410. The molecule has 1 aliphatic carbocycles. The van der Waals surface area contributed by atoms with Crippen LogP contribution < -0.4 is 10.5 Å². The standard InChI is InChI=1S/C12H16BrNO/c1-15-11-5-4-9(8-10(11)13)12(14)6-2-3-7-12/h4-5,8H,2-3,6-7,14H2,1H3. The highest BCUT2D eigenvalue weighted by atomic mass is 79.9. The Labute approximate surface area is 98.9 Å². The fraction of sp³-hybridized carbons (Fsp3) is 0.500. The van der Waals surface area contributed by atoms with Gasteiger partial charge in [-0.15, -0.1) is 0 Å². The van der Waals surface area contributed by atoms with Crippen LogP contribution in [0.2, 0.25) is 0 Å². The molecule has 0 radical (unpaired) electrons. The van der Waals surface area contributed by atoms with Gasteiger partial charge in [-0.2, -0.15) is 0 Å². The molecule has 15 heavy (non-hydrogen) atoms. The van der Waals surface area contributed by atoms with Crippen LogP contribution in [0.25, 0.3) is 0 Å². The third-order valence-corrected chi connectivity index (χ3v) is 3.84. The number of rotatable bonds is 2. The van der Waals surface area contributed by atoms with E-state index in [2.05, 4.69) is 28.1 Å². The molecule has 1 aromatic rings. The van der Waals surface area contributed by atoms with Crippen LogP contribution in [0.15, 0.2) is 22.7 Å². The van der Waals surface area contributed by atoms with Crippen molar-refractivity contribution in [2.24, 2.45) is 5.73 Å². The SMILES string of the molecule is COc1ccc(C2(N)CCCC2)cc1Br. The van der Waals surface area contributed by atoms with Gasteiger partial charge in [0.05, 0.1) is 11.6 Å². The van der Waals surface area contributed by atoms with Crippen LogP contribution in [0, 0.1) is 0 Å². The zero-order chi connectivity index (χ0) is 10.9. The van der Waals surface area contributed by atoms with Crippen LogP contribution in [0.1, 0.15) is 31.2 Å². The van der Waals surface area contributed by atoms with E-state index >= 15 is 0 Å². The third-order valence-electron chi connectivity index (χ3n) is 3.22. The molecule has 0 unspecified atom stereocenters. The van der Waals surface area contributed by atoms with Gasteiger partial charge in [0, 0.05) is 5.54 Å². The van der Waals surface area contributed by atoms with E-state index in [0.29, 0.717) is 0 Å². The molecule has 3 heteroatoms. The van der Waals surface area contributed by atoms with E-state index in [9.17, 15) is 0 Å². The molecular formula is C12H16BrNO. The topological polar surface area (TPSA) is 35.2 Å². The summed E-state index contributed by atoms with van der Waals surface area (Å²) in [5.74, 6) is 0.861. The average molecular weight is 270 g/mol. The van der Waals surface area contributed by atoms with Gasteiger partial charge in [-0.05, 0) is 46.5 Å². The fourth-order valence-corrected chi connectivity index (χ4v) is 2.81. The molecule has 0 spiro atoms. The summed E-state index contributed by atoms with van der Waals surface area (Å²) in [5, 5.41) is 0. The van der Waals surface area contributed by atoms with Gasteiger partial charge >= 0.3 is 0 Å². The summed E-state index contributed by atoms with van der Waals surface area (Å²) < 4.78 is 6.19. The Morgan fingerprint density at radius 2 is 2.00 bits per heavy atom. The van der Waals surface area contributed by atoms with Gasteiger partial charge in [-0.1, -0.05) is 18.9 Å². The number of nitrogens with two attached hydrogens (primary N) is 1. The van der Waals surface area contributed by atoms with E-state index in [-0.39, 0.29) is 5.54 Å². The van der Waals surface area contributed by atoms with Crippen LogP contribution in [-0.4, -0.2) is 7.11 Å². The number of hydrogen-bond acceptors (Lipinski definition) is 2. The Kier molecular flexibility index (Phi) is 3.03. The predicted octanol–water partition coefficient (Wildman–Crippen LogP) is 3.19. The zero-order valence-electron chi connectivity index (χ0n) is 8.92. The summed E-state index contributed by atoms with van der Waals surface area (Å²) in [4.78, 5) is 0. The number of methoxy groups -OCH3 is 1. The van der Waals surface area contributed by atoms with E-state index in [1.807, 2.05) is 6.07 Å². The first-order valence-corrected chi connectivity index (χ1v) is 6.08. The molecule has 2 nitrogen and oxygen atoms in total. The molecule has 0 heterocycles. The van der Waals surface area contributed by atoms with Crippen LogP contribution in [0.4, 0.5) is 0 Å². The Hall–Kier alpha value is -0.540. The maximum absolute atomic E-state index is 6.38. The van der Waals surface area contributed by atoms with Crippen LogP contribution in [0.3, 0.4) is 0 Å². The van der Waals surface area contributed by atoms with Crippen molar-refractivity contribution in [2.45, 2.75) is 31.2 Å². The van der Waals surface area contributed by atoms with Crippen LogP contribution >= 0.6 is 15.9 Å². The minimum atomic E-state index is -0.116. The largest absolute Gasteiger partial charge is 0.496 e. The number of ether oxygens (including phenoxy) is 1. The van der Waals surface area contributed by atoms with E-state index in [1.165, 1.54) is 18.4 Å². The molecule has 82 valence electrons. The normalized spacial score (nSPS) is 19.1. The molecule has 0 amide bonds. The first-order valence-electron chi connectivity index (χ1n) is 5.29. The summed E-state index contributed by atoms with van der Waals surface area (Å²) in [6, 6.07) is 6.14. The smallest absolute Gasteiger partial charge is 0.133 e. The van der Waals surface area contributed by atoms with Crippen molar-refractivity contribution in [3.8, 4) is 5.75 Å². The Balaban J connectivity index is 2.33. The molecule has 0 saturated heterocycles. The molecule has 0 bridgehead atoms. The van der Waals surface area contributed by atoms with Gasteiger partial charge in [0.25, 0.3) is 0 Å². The molecule has 0 aliphatic heterocycles. The molecular weight excluding hydrogens is 254 g/mol.